The van der Waals surface area contributed by atoms with Crippen LogP contribution >= 0.6 is 0 Å². The molecule has 0 bridgehead atoms. The Balaban J connectivity index is 0.000000431. The van der Waals surface area contributed by atoms with Crippen LogP contribution in [-0.4, -0.2) is 13.1 Å². The van der Waals surface area contributed by atoms with E-state index in [9.17, 15) is 0 Å². The first-order valence-corrected chi connectivity index (χ1v) is 9.52. The summed E-state index contributed by atoms with van der Waals surface area (Å²) in [6, 6.07) is 23.8. The zero-order valence-electron chi connectivity index (χ0n) is 16.8. The number of hydrogen-bond donors (Lipinski definition) is 1. The van der Waals surface area contributed by atoms with Crippen LogP contribution in [0.5, 0.6) is 0 Å². The second-order valence-electron chi connectivity index (χ2n) is 6.58. The standard InChI is InChI=1S/C21H20.C4H11N/c1-15-9-4-6-12-18(15)20-14-8-11-17(3)21(20)19-13-7-5-10-16(19)2;1-3-5-4-2/h4-14H,1-3H3;5H,3-4H2,1-2H3. The normalized spacial score (nSPS) is 10.2. The average Bonchev–Trinajstić information content (AvgIpc) is 2.64. The summed E-state index contributed by atoms with van der Waals surface area (Å²) >= 11 is 0. The van der Waals surface area contributed by atoms with Crippen LogP contribution in [0.1, 0.15) is 30.5 Å². The third-order valence-electron chi connectivity index (χ3n) is 4.62. The number of rotatable bonds is 4. The van der Waals surface area contributed by atoms with E-state index < -0.39 is 0 Å². The zero-order valence-corrected chi connectivity index (χ0v) is 16.8. The molecule has 1 heteroatoms. The van der Waals surface area contributed by atoms with Crippen molar-refractivity contribution in [3.63, 3.8) is 0 Å². The number of aryl methyl sites for hydroxylation is 3. The van der Waals surface area contributed by atoms with E-state index in [-0.39, 0.29) is 0 Å². The first-order chi connectivity index (χ1) is 12.6. The van der Waals surface area contributed by atoms with Crippen LogP contribution in [-0.2, 0) is 0 Å². The van der Waals surface area contributed by atoms with Gasteiger partial charge in [0.05, 0.1) is 0 Å². The lowest BCUT2D eigenvalue weighted by molar-refractivity contribution is 0.762. The summed E-state index contributed by atoms with van der Waals surface area (Å²) in [5.74, 6) is 0. The van der Waals surface area contributed by atoms with E-state index in [1.807, 2.05) is 0 Å². The van der Waals surface area contributed by atoms with Gasteiger partial charge in [0.15, 0.2) is 0 Å². The van der Waals surface area contributed by atoms with E-state index in [0.717, 1.165) is 13.1 Å². The Morgan fingerprint density at radius 2 is 1.00 bits per heavy atom. The minimum absolute atomic E-state index is 1.09. The monoisotopic (exact) mass is 345 g/mol. The van der Waals surface area contributed by atoms with Crippen molar-refractivity contribution in [3.05, 3.63) is 83.4 Å². The Hall–Kier alpha value is -2.38. The molecule has 3 aromatic rings. The van der Waals surface area contributed by atoms with E-state index in [1.165, 1.54) is 38.9 Å². The van der Waals surface area contributed by atoms with E-state index in [2.05, 4.69) is 107 Å². The lowest BCUT2D eigenvalue weighted by Crippen LogP contribution is -2.09. The fraction of sp³-hybridized carbons (Fsp3) is 0.280. The van der Waals surface area contributed by atoms with Crippen LogP contribution in [0.4, 0.5) is 0 Å². The van der Waals surface area contributed by atoms with Crippen LogP contribution in [0, 0.1) is 20.8 Å². The third-order valence-corrected chi connectivity index (χ3v) is 4.62. The summed E-state index contributed by atoms with van der Waals surface area (Å²) in [5, 5.41) is 3.11. The van der Waals surface area contributed by atoms with Gasteiger partial charge in [0, 0.05) is 0 Å². The van der Waals surface area contributed by atoms with Crippen molar-refractivity contribution in [2.45, 2.75) is 34.6 Å². The van der Waals surface area contributed by atoms with Gasteiger partial charge in [-0.25, -0.2) is 0 Å². The Labute approximate surface area is 159 Å². The smallest absolute Gasteiger partial charge is 0.00734 e. The second-order valence-corrected chi connectivity index (χ2v) is 6.58. The summed E-state index contributed by atoms with van der Waals surface area (Å²) in [5.41, 5.74) is 9.28. The summed E-state index contributed by atoms with van der Waals surface area (Å²) in [6.45, 7) is 13.0. The molecule has 0 amide bonds. The summed E-state index contributed by atoms with van der Waals surface area (Å²) < 4.78 is 0. The van der Waals surface area contributed by atoms with E-state index >= 15 is 0 Å². The van der Waals surface area contributed by atoms with Crippen LogP contribution < -0.4 is 5.32 Å². The molecule has 3 aromatic carbocycles. The molecule has 0 radical (unpaired) electrons. The van der Waals surface area contributed by atoms with Gasteiger partial charge in [-0.2, -0.15) is 0 Å². The number of benzene rings is 3. The van der Waals surface area contributed by atoms with Crippen molar-refractivity contribution in [1.82, 2.24) is 5.32 Å². The molecule has 0 saturated carbocycles. The lowest BCUT2D eigenvalue weighted by atomic mass is 9.87. The highest BCUT2D eigenvalue weighted by Gasteiger charge is 2.12. The van der Waals surface area contributed by atoms with Crippen molar-refractivity contribution in [1.29, 1.82) is 0 Å². The molecule has 0 aliphatic rings. The molecule has 0 aliphatic carbocycles. The van der Waals surface area contributed by atoms with Crippen LogP contribution in [0.15, 0.2) is 66.7 Å². The molecule has 1 nitrogen and oxygen atoms in total. The van der Waals surface area contributed by atoms with Gasteiger partial charge in [-0.1, -0.05) is 80.6 Å². The van der Waals surface area contributed by atoms with E-state index in [0.29, 0.717) is 0 Å². The highest BCUT2D eigenvalue weighted by Crippen LogP contribution is 2.37. The predicted molar refractivity (Wildman–Crippen MR) is 116 cm³/mol. The molecule has 0 fully saturated rings. The summed E-state index contributed by atoms with van der Waals surface area (Å²) in [6.07, 6.45) is 0. The fourth-order valence-corrected chi connectivity index (χ4v) is 3.23. The molecule has 0 heterocycles. The van der Waals surface area contributed by atoms with Crippen molar-refractivity contribution in [2.24, 2.45) is 0 Å². The van der Waals surface area contributed by atoms with Crippen molar-refractivity contribution >= 4 is 0 Å². The van der Waals surface area contributed by atoms with Crippen molar-refractivity contribution in [3.8, 4) is 22.3 Å². The van der Waals surface area contributed by atoms with Gasteiger partial charge in [-0.3, -0.25) is 0 Å². The van der Waals surface area contributed by atoms with Gasteiger partial charge in [0.25, 0.3) is 0 Å². The molecule has 3 rings (SSSR count). The van der Waals surface area contributed by atoms with Gasteiger partial charge < -0.3 is 5.32 Å². The predicted octanol–water partition coefficient (Wildman–Crippen LogP) is 6.56. The zero-order chi connectivity index (χ0) is 18.9. The number of nitrogens with one attached hydrogen (secondary N) is 1. The van der Waals surface area contributed by atoms with Crippen LogP contribution in [0.3, 0.4) is 0 Å². The van der Waals surface area contributed by atoms with E-state index in [4.69, 9.17) is 0 Å². The molecular weight excluding hydrogens is 314 g/mol. The average molecular weight is 346 g/mol. The maximum atomic E-state index is 3.11. The Morgan fingerprint density at radius 1 is 0.538 bits per heavy atom. The van der Waals surface area contributed by atoms with Crippen molar-refractivity contribution < 1.29 is 0 Å². The molecule has 0 unspecified atom stereocenters. The van der Waals surface area contributed by atoms with Gasteiger partial charge in [-0.15, -0.1) is 0 Å². The molecule has 1 N–H and O–H groups in total. The summed E-state index contributed by atoms with van der Waals surface area (Å²) in [7, 11) is 0. The van der Waals surface area contributed by atoms with E-state index in [1.54, 1.807) is 0 Å². The van der Waals surface area contributed by atoms with Gasteiger partial charge in [0.2, 0.25) is 0 Å². The Morgan fingerprint density at radius 3 is 1.50 bits per heavy atom. The SMILES string of the molecule is CCNCC.Cc1ccccc1-c1cccc(C)c1-c1ccccc1C. The molecule has 0 aliphatic heterocycles. The Kier molecular flexibility index (Phi) is 7.62. The van der Waals surface area contributed by atoms with Crippen LogP contribution in [0.2, 0.25) is 0 Å². The molecule has 0 spiro atoms. The largest absolute Gasteiger partial charge is 0.317 e. The highest BCUT2D eigenvalue weighted by molar-refractivity contribution is 5.87. The molecule has 0 atom stereocenters. The van der Waals surface area contributed by atoms with Gasteiger partial charge in [-0.05, 0) is 72.8 Å². The van der Waals surface area contributed by atoms with Gasteiger partial charge in [0.1, 0.15) is 0 Å². The molecule has 0 aromatic heterocycles. The fourth-order valence-electron chi connectivity index (χ4n) is 3.23. The topological polar surface area (TPSA) is 12.0 Å². The Bertz CT molecular complexity index is 831. The molecule has 0 saturated heterocycles. The minimum Gasteiger partial charge on any atom is -0.317 e. The first-order valence-electron chi connectivity index (χ1n) is 9.52. The lowest BCUT2D eigenvalue weighted by Gasteiger charge is -2.16. The third kappa shape index (κ3) is 4.83. The molecule has 136 valence electrons. The maximum absolute atomic E-state index is 3.11. The number of hydrogen-bond acceptors (Lipinski definition) is 1. The maximum Gasteiger partial charge on any atom is -0.00734 e. The molecule has 26 heavy (non-hydrogen) atoms. The summed E-state index contributed by atoms with van der Waals surface area (Å²) in [4.78, 5) is 0. The quantitative estimate of drug-likeness (QED) is 0.564. The second kappa shape index (κ2) is 9.94. The first kappa shape index (κ1) is 19.9. The highest BCUT2D eigenvalue weighted by atomic mass is 14.8. The minimum atomic E-state index is 1.09. The molecular formula is C25H31N. The van der Waals surface area contributed by atoms with Crippen LogP contribution in [0.25, 0.3) is 22.3 Å². The van der Waals surface area contributed by atoms with Gasteiger partial charge >= 0.3 is 0 Å². The van der Waals surface area contributed by atoms with Crippen molar-refractivity contribution in [2.75, 3.05) is 13.1 Å².